The Morgan fingerprint density at radius 2 is 2.26 bits per heavy atom. The minimum absolute atomic E-state index is 0.264. The maximum absolute atomic E-state index is 11.6. The van der Waals surface area contributed by atoms with E-state index >= 15 is 0 Å². The number of aromatic nitrogens is 1. The molecule has 128 valence electrons. The first kappa shape index (κ1) is 17.9. The highest BCUT2D eigenvalue weighted by Gasteiger charge is 2.37. The zero-order chi connectivity index (χ0) is 17.0. The van der Waals surface area contributed by atoms with Gasteiger partial charge in [0.05, 0.1) is 18.4 Å². The van der Waals surface area contributed by atoms with E-state index in [4.69, 9.17) is 4.74 Å². The minimum atomic E-state index is -0.595. The predicted octanol–water partition coefficient (Wildman–Crippen LogP) is 2.49. The molecule has 23 heavy (non-hydrogen) atoms. The number of piperidine rings is 1. The fraction of sp³-hybridized carbons (Fsp3) is 0.667. The highest BCUT2D eigenvalue weighted by molar-refractivity contribution is 5.87. The number of hydrogen-bond donors (Lipinski definition) is 1. The number of pyridine rings is 1. The largest absolute Gasteiger partial charge is 0.464 e. The number of ether oxygens (including phenoxy) is 1. The SMILES string of the molecule is COC(=O)c1cccc(CN2CC[C@@](C)(O)[C@@H](CC(C)C)C2)n1. The van der Waals surface area contributed by atoms with Crippen LogP contribution in [0.4, 0.5) is 0 Å². The fourth-order valence-electron chi connectivity index (χ4n) is 3.24. The van der Waals surface area contributed by atoms with Crippen LogP contribution in [0.1, 0.15) is 49.8 Å². The monoisotopic (exact) mass is 320 g/mol. The molecule has 5 nitrogen and oxygen atoms in total. The summed E-state index contributed by atoms with van der Waals surface area (Å²) < 4.78 is 4.72. The maximum Gasteiger partial charge on any atom is 0.356 e. The van der Waals surface area contributed by atoms with Gasteiger partial charge in [-0.05, 0) is 37.8 Å². The molecule has 1 aliphatic rings. The van der Waals surface area contributed by atoms with Gasteiger partial charge in [0, 0.05) is 25.6 Å². The topological polar surface area (TPSA) is 62.7 Å². The molecule has 1 aromatic rings. The molecule has 0 bridgehead atoms. The molecule has 0 saturated carbocycles. The molecule has 2 atom stereocenters. The summed E-state index contributed by atoms with van der Waals surface area (Å²) in [5, 5.41) is 10.6. The average molecular weight is 320 g/mol. The van der Waals surface area contributed by atoms with Crippen molar-refractivity contribution in [3.05, 3.63) is 29.6 Å². The molecule has 0 aliphatic carbocycles. The van der Waals surface area contributed by atoms with Crippen molar-refractivity contribution >= 4 is 5.97 Å². The minimum Gasteiger partial charge on any atom is -0.464 e. The zero-order valence-electron chi connectivity index (χ0n) is 14.6. The lowest BCUT2D eigenvalue weighted by atomic mass is 9.78. The lowest BCUT2D eigenvalue weighted by Crippen LogP contribution is -2.50. The van der Waals surface area contributed by atoms with Gasteiger partial charge in [0.15, 0.2) is 0 Å². The standard InChI is InChI=1S/C18H28N2O3/c1-13(2)10-14-11-20(9-8-18(14,3)22)12-15-6-5-7-16(19-15)17(21)23-4/h5-7,13-14,22H,8-12H2,1-4H3/t14-,18+/m0/s1. The van der Waals surface area contributed by atoms with Crippen LogP contribution >= 0.6 is 0 Å². The summed E-state index contributed by atoms with van der Waals surface area (Å²) in [5.74, 6) is 0.415. The van der Waals surface area contributed by atoms with Crippen molar-refractivity contribution in [1.82, 2.24) is 9.88 Å². The van der Waals surface area contributed by atoms with Gasteiger partial charge < -0.3 is 9.84 Å². The first-order valence-electron chi connectivity index (χ1n) is 8.31. The highest BCUT2D eigenvalue weighted by atomic mass is 16.5. The fourth-order valence-corrected chi connectivity index (χ4v) is 3.24. The summed E-state index contributed by atoms with van der Waals surface area (Å²) in [6.07, 6.45) is 1.78. The van der Waals surface area contributed by atoms with Crippen molar-refractivity contribution in [1.29, 1.82) is 0 Å². The summed E-state index contributed by atoms with van der Waals surface area (Å²) in [7, 11) is 1.36. The van der Waals surface area contributed by atoms with Crippen LogP contribution in [-0.4, -0.2) is 46.8 Å². The third-order valence-corrected chi connectivity index (χ3v) is 4.64. The Morgan fingerprint density at radius 3 is 2.91 bits per heavy atom. The molecule has 0 aromatic carbocycles. The third kappa shape index (κ3) is 4.75. The van der Waals surface area contributed by atoms with E-state index in [1.807, 2.05) is 19.1 Å². The molecule has 1 N–H and O–H groups in total. The second-order valence-corrected chi connectivity index (χ2v) is 7.17. The quantitative estimate of drug-likeness (QED) is 0.845. The van der Waals surface area contributed by atoms with E-state index in [2.05, 4.69) is 23.7 Å². The van der Waals surface area contributed by atoms with Crippen molar-refractivity contribution in [2.24, 2.45) is 11.8 Å². The molecule has 1 fully saturated rings. The molecule has 1 aliphatic heterocycles. The summed E-state index contributed by atoms with van der Waals surface area (Å²) in [6.45, 7) is 8.72. The van der Waals surface area contributed by atoms with Gasteiger partial charge in [-0.25, -0.2) is 9.78 Å². The lowest BCUT2D eigenvalue weighted by Gasteiger charge is -2.43. The Balaban J connectivity index is 2.04. The average Bonchev–Trinajstić information content (AvgIpc) is 2.50. The first-order chi connectivity index (χ1) is 10.8. The van der Waals surface area contributed by atoms with Gasteiger partial charge in [0.1, 0.15) is 5.69 Å². The highest BCUT2D eigenvalue weighted by Crippen LogP contribution is 2.32. The van der Waals surface area contributed by atoms with Gasteiger partial charge >= 0.3 is 5.97 Å². The summed E-state index contributed by atoms with van der Waals surface area (Å²) in [4.78, 5) is 18.3. The number of carbonyl (C=O) groups excluding carboxylic acids is 1. The molecule has 0 spiro atoms. The van der Waals surface area contributed by atoms with Crippen LogP contribution in [0, 0.1) is 11.8 Å². The predicted molar refractivity (Wildman–Crippen MR) is 89.0 cm³/mol. The summed E-state index contributed by atoms with van der Waals surface area (Å²) >= 11 is 0. The second-order valence-electron chi connectivity index (χ2n) is 7.17. The zero-order valence-corrected chi connectivity index (χ0v) is 14.6. The van der Waals surface area contributed by atoms with E-state index < -0.39 is 11.6 Å². The van der Waals surface area contributed by atoms with Crippen LogP contribution in [0.2, 0.25) is 0 Å². The van der Waals surface area contributed by atoms with Crippen molar-refractivity contribution < 1.29 is 14.6 Å². The van der Waals surface area contributed by atoms with Gasteiger partial charge in [-0.15, -0.1) is 0 Å². The number of likely N-dealkylation sites (tertiary alicyclic amines) is 1. The maximum atomic E-state index is 11.6. The van der Waals surface area contributed by atoms with Crippen molar-refractivity contribution in [2.45, 2.75) is 45.8 Å². The number of rotatable bonds is 5. The van der Waals surface area contributed by atoms with Gasteiger partial charge in [0.2, 0.25) is 0 Å². The summed E-state index contributed by atoms with van der Waals surface area (Å²) in [6, 6.07) is 5.43. The first-order valence-corrected chi connectivity index (χ1v) is 8.31. The van der Waals surface area contributed by atoms with Crippen molar-refractivity contribution in [3.8, 4) is 0 Å². The molecule has 1 aromatic heterocycles. The van der Waals surface area contributed by atoms with Crippen LogP contribution < -0.4 is 0 Å². The van der Waals surface area contributed by atoms with E-state index in [0.29, 0.717) is 18.2 Å². The number of methoxy groups -OCH3 is 1. The Kier molecular flexibility index (Phi) is 5.76. The smallest absolute Gasteiger partial charge is 0.356 e. The van der Waals surface area contributed by atoms with Gasteiger partial charge in [-0.3, -0.25) is 4.90 Å². The van der Waals surface area contributed by atoms with Crippen LogP contribution in [0.15, 0.2) is 18.2 Å². The van der Waals surface area contributed by atoms with E-state index in [0.717, 1.165) is 31.6 Å². The van der Waals surface area contributed by atoms with Crippen LogP contribution in [0.3, 0.4) is 0 Å². The lowest BCUT2D eigenvalue weighted by molar-refractivity contribution is -0.0666. The van der Waals surface area contributed by atoms with E-state index in [-0.39, 0.29) is 5.92 Å². The number of carbonyl (C=O) groups is 1. The molecular weight excluding hydrogens is 292 g/mol. The molecule has 2 rings (SSSR count). The molecule has 0 unspecified atom stereocenters. The molecule has 5 heteroatoms. The summed E-state index contributed by atoms with van der Waals surface area (Å²) in [5.41, 5.74) is 0.604. The Labute approximate surface area is 138 Å². The van der Waals surface area contributed by atoms with Crippen molar-refractivity contribution in [2.75, 3.05) is 20.2 Å². The van der Waals surface area contributed by atoms with E-state index in [1.54, 1.807) is 6.07 Å². The van der Waals surface area contributed by atoms with Crippen LogP contribution in [0.5, 0.6) is 0 Å². The van der Waals surface area contributed by atoms with Crippen LogP contribution in [-0.2, 0) is 11.3 Å². The third-order valence-electron chi connectivity index (χ3n) is 4.64. The molecular formula is C18H28N2O3. The number of hydrogen-bond acceptors (Lipinski definition) is 5. The van der Waals surface area contributed by atoms with Gasteiger partial charge in [0.25, 0.3) is 0 Å². The Bertz CT molecular complexity index is 543. The molecule has 0 amide bonds. The Morgan fingerprint density at radius 1 is 1.52 bits per heavy atom. The normalized spacial score (nSPS) is 25.6. The second kappa shape index (κ2) is 7.41. The Hall–Kier alpha value is -1.46. The van der Waals surface area contributed by atoms with E-state index in [9.17, 15) is 9.90 Å². The molecule has 1 saturated heterocycles. The van der Waals surface area contributed by atoms with Gasteiger partial charge in [-0.2, -0.15) is 0 Å². The van der Waals surface area contributed by atoms with Gasteiger partial charge in [-0.1, -0.05) is 19.9 Å². The number of nitrogens with zero attached hydrogens (tertiary/aromatic N) is 2. The van der Waals surface area contributed by atoms with Crippen molar-refractivity contribution in [3.63, 3.8) is 0 Å². The molecule has 0 radical (unpaired) electrons. The van der Waals surface area contributed by atoms with Crippen LogP contribution in [0.25, 0.3) is 0 Å². The molecule has 2 heterocycles. The van der Waals surface area contributed by atoms with E-state index in [1.165, 1.54) is 7.11 Å². The number of aliphatic hydroxyl groups is 1. The number of esters is 1.